The van der Waals surface area contributed by atoms with Gasteiger partial charge in [-0.05, 0) is 50.5 Å². The van der Waals surface area contributed by atoms with Gasteiger partial charge in [0, 0.05) is 19.3 Å². The molecule has 1 saturated heterocycles. The van der Waals surface area contributed by atoms with Gasteiger partial charge in [0.2, 0.25) is 0 Å². The number of thiazole rings is 1. The van der Waals surface area contributed by atoms with Gasteiger partial charge in [-0.25, -0.2) is 4.98 Å². The molecule has 0 atom stereocenters. The first kappa shape index (κ1) is 17.7. The molecule has 1 aliphatic heterocycles. The minimum Gasteiger partial charge on any atom is -0.370 e. The summed E-state index contributed by atoms with van der Waals surface area (Å²) in [6.45, 7) is 3.95. The Labute approximate surface area is 163 Å². The van der Waals surface area contributed by atoms with Gasteiger partial charge < -0.3 is 10.2 Å². The van der Waals surface area contributed by atoms with Crippen molar-refractivity contribution in [1.82, 2.24) is 9.97 Å². The van der Waals surface area contributed by atoms with Crippen LogP contribution < -0.4 is 10.2 Å². The van der Waals surface area contributed by atoms with E-state index in [-0.39, 0.29) is 5.91 Å². The van der Waals surface area contributed by atoms with Crippen LogP contribution in [0.25, 0.3) is 10.7 Å². The Morgan fingerprint density at radius 3 is 2.63 bits per heavy atom. The molecule has 138 valence electrons. The van der Waals surface area contributed by atoms with Crippen LogP contribution in [-0.2, 0) is 0 Å². The number of benzene rings is 1. The van der Waals surface area contributed by atoms with Gasteiger partial charge in [-0.1, -0.05) is 18.2 Å². The van der Waals surface area contributed by atoms with E-state index in [0.717, 1.165) is 40.9 Å². The van der Waals surface area contributed by atoms with E-state index in [1.54, 1.807) is 6.20 Å². The minimum absolute atomic E-state index is 0.114. The summed E-state index contributed by atoms with van der Waals surface area (Å²) in [7, 11) is 0. The number of nitrogens with zero attached hydrogens (tertiary/aromatic N) is 3. The lowest BCUT2D eigenvalue weighted by molar-refractivity contribution is 0.103. The molecule has 1 aliphatic rings. The fourth-order valence-corrected chi connectivity index (χ4v) is 4.31. The molecule has 2 aromatic heterocycles. The van der Waals surface area contributed by atoms with Crippen molar-refractivity contribution in [2.24, 2.45) is 0 Å². The molecule has 27 heavy (non-hydrogen) atoms. The maximum atomic E-state index is 12.9. The summed E-state index contributed by atoms with van der Waals surface area (Å²) in [4.78, 5) is 24.8. The highest BCUT2D eigenvalue weighted by molar-refractivity contribution is 7.17. The molecule has 0 radical (unpaired) electrons. The number of rotatable bonds is 4. The standard InChI is InChI=1S/C21H22N4OS/c1-15-19(27-21(23-15)17-10-5-6-12-22-17)20(26)24-16-9-3-4-11-18(16)25-13-7-2-8-14-25/h3-6,9-12H,2,7-8,13-14H2,1H3,(H,24,26). The van der Waals surface area contributed by atoms with Gasteiger partial charge in [-0.2, -0.15) is 0 Å². The van der Waals surface area contributed by atoms with Crippen LogP contribution in [0.2, 0.25) is 0 Å². The second kappa shape index (κ2) is 7.88. The Morgan fingerprint density at radius 1 is 1.07 bits per heavy atom. The molecule has 1 N–H and O–H groups in total. The minimum atomic E-state index is -0.114. The van der Waals surface area contributed by atoms with Gasteiger partial charge in [0.15, 0.2) is 0 Å². The number of nitrogens with one attached hydrogen (secondary N) is 1. The molecule has 6 heteroatoms. The number of pyridine rings is 1. The van der Waals surface area contributed by atoms with Crippen LogP contribution in [-0.4, -0.2) is 29.0 Å². The summed E-state index contributed by atoms with van der Waals surface area (Å²) >= 11 is 1.38. The first-order chi connectivity index (χ1) is 13.2. The van der Waals surface area contributed by atoms with E-state index in [0.29, 0.717) is 4.88 Å². The Morgan fingerprint density at radius 2 is 1.85 bits per heavy atom. The average Bonchev–Trinajstić information content (AvgIpc) is 3.12. The number of carbonyl (C=O) groups excluding carboxylic acids is 1. The highest BCUT2D eigenvalue weighted by Gasteiger charge is 2.20. The monoisotopic (exact) mass is 378 g/mol. The summed E-state index contributed by atoms with van der Waals surface area (Å²) in [6.07, 6.45) is 5.41. The fraction of sp³-hybridized carbons (Fsp3) is 0.286. The number of aryl methyl sites for hydroxylation is 1. The van der Waals surface area contributed by atoms with E-state index >= 15 is 0 Å². The number of anilines is 2. The van der Waals surface area contributed by atoms with Crippen molar-refractivity contribution in [2.45, 2.75) is 26.2 Å². The quantitative estimate of drug-likeness (QED) is 0.711. The Bertz CT molecular complexity index is 932. The van der Waals surface area contributed by atoms with Crippen LogP contribution >= 0.6 is 11.3 Å². The highest BCUT2D eigenvalue weighted by Crippen LogP contribution is 2.31. The molecule has 5 nitrogen and oxygen atoms in total. The van der Waals surface area contributed by atoms with Crippen molar-refractivity contribution in [3.8, 4) is 10.7 Å². The van der Waals surface area contributed by atoms with E-state index in [2.05, 4.69) is 26.3 Å². The van der Waals surface area contributed by atoms with E-state index in [9.17, 15) is 4.79 Å². The normalized spacial score (nSPS) is 14.2. The molecule has 0 spiro atoms. The first-order valence-electron chi connectivity index (χ1n) is 9.26. The van der Waals surface area contributed by atoms with E-state index in [1.807, 2.05) is 43.3 Å². The lowest BCUT2D eigenvalue weighted by Crippen LogP contribution is -2.30. The summed E-state index contributed by atoms with van der Waals surface area (Å²) in [6, 6.07) is 13.7. The summed E-state index contributed by atoms with van der Waals surface area (Å²) in [5.41, 5.74) is 3.47. The third-order valence-electron chi connectivity index (χ3n) is 4.74. The van der Waals surface area contributed by atoms with Crippen LogP contribution in [0.4, 0.5) is 11.4 Å². The van der Waals surface area contributed by atoms with Gasteiger partial charge >= 0.3 is 0 Å². The van der Waals surface area contributed by atoms with Gasteiger partial charge in [0.05, 0.1) is 22.8 Å². The summed E-state index contributed by atoms with van der Waals surface area (Å²) in [5, 5.41) is 3.87. The SMILES string of the molecule is Cc1nc(-c2ccccn2)sc1C(=O)Nc1ccccc1N1CCCCC1. The number of aromatic nitrogens is 2. The maximum Gasteiger partial charge on any atom is 0.267 e. The number of para-hydroxylation sites is 2. The lowest BCUT2D eigenvalue weighted by Gasteiger charge is -2.30. The molecule has 0 unspecified atom stereocenters. The topological polar surface area (TPSA) is 58.1 Å². The largest absolute Gasteiger partial charge is 0.370 e. The predicted octanol–water partition coefficient (Wildman–Crippen LogP) is 4.76. The highest BCUT2D eigenvalue weighted by atomic mass is 32.1. The summed E-state index contributed by atoms with van der Waals surface area (Å²) in [5.74, 6) is -0.114. The van der Waals surface area contributed by atoms with E-state index in [4.69, 9.17) is 0 Å². The fourth-order valence-electron chi connectivity index (χ4n) is 3.37. The van der Waals surface area contributed by atoms with Crippen molar-refractivity contribution < 1.29 is 4.79 Å². The van der Waals surface area contributed by atoms with Crippen LogP contribution in [0.3, 0.4) is 0 Å². The van der Waals surface area contributed by atoms with Crippen LogP contribution in [0, 0.1) is 6.92 Å². The van der Waals surface area contributed by atoms with Gasteiger partial charge in [0.25, 0.3) is 5.91 Å². The zero-order chi connectivity index (χ0) is 18.6. The molecule has 0 bridgehead atoms. The third-order valence-corrected chi connectivity index (χ3v) is 5.91. The number of carbonyl (C=O) groups is 1. The molecule has 0 aliphatic carbocycles. The van der Waals surface area contributed by atoms with Crippen LogP contribution in [0.5, 0.6) is 0 Å². The van der Waals surface area contributed by atoms with Crippen LogP contribution in [0.15, 0.2) is 48.7 Å². The van der Waals surface area contributed by atoms with Crippen molar-refractivity contribution in [3.05, 3.63) is 59.2 Å². The van der Waals surface area contributed by atoms with Gasteiger partial charge in [-0.15, -0.1) is 11.3 Å². The lowest BCUT2D eigenvalue weighted by atomic mass is 10.1. The van der Waals surface area contributed by atoms with Gasteiger partial charge in [-0.3, -0.25) is 9.78 Å². The molecule has 3 aromatic rings. The number of amides is 1. The second-order valence-corrected chi connectivity index (χ2v) is 7.67. The van der Waals surface area contributed by atoms with Crippen molar-refractivity contribution in [1.29, 1.82) is 0 Å². The molecule has 0 saturated carbocycles. The van der Waals surface area contributed by atoms with Crippen molar-refractivity contribution >= 4 is 28.6 Å². The number of hydrogen-bond donors (Lipinski definition) is 1. The number of piperidine rings is 1. The van der Waals surface area contributed by atoms with E-state index < -0.39 is 0 Å². The van der Waals surface area contributed by atoms with Crippen molar-refractivity contribution in [3.63, 3.8) is 0 Å². The number of hydrogen-bond acceptors (Lipinski definition) is 5. The van der Waals surface area contributed by atoms with Crippen molar-refractivity contribution in [2.75, 3.05) is 23.3 Å². The summed E-state index contributed by atoms with van der Waals surface area (Å²) < 4.78 is 0. The van der Waals surface area contributed by atoms with E-state index in [1.165, 1.54) is 30.6 Å². The van der Waals surface area contributed by atoms with Gasteiger partial charge in [0.1, 0.15) is 9.88 Å². The Hall–Kier alpha value is -2.73. The smallest absolute Gasteiger partial charge is 0.267 e. The predicted molar refractivity (Wildman–Crippen MR) is 111 cm³/mol. The van der Waals surface area contributed by atoms with Crippen LogP contribution in [0.1, 0.15) is 34.6 Å². The molecule has 1 fully saturated rings. The Kier molecular flexibility index (Phi) is 5.16. The average molecular weight is 379 g/mol. The first-order valence-corrected chi connectivity index (χ1v) is 10.1. The molecular formula is C21H22N4OS. The molecule has 3 heterocycles. The Balaban J connectivity index is 1.58. The third kappa shape index (κ3) is 3.85. The zero-order valence-corrected chi connectivity index (χ0v) is 16.1. The second-order valence-electron chi connectivity index (χ2n) is 6.67. The molecule has 4 rings (SSSR count). The maximum absolute atomic E-state index is 12.9. The molecule has 1 amide bonds. The zero-order valence-electron chi connectivity index (χ0n) is 15.3. The molecular weight excluding hydrogens is 356 g/mol. The molecule has 1 aromatic carbocycles.